The summed E-state index contributed by atoms with van der Waals surface area (Å²) in [4.78, 5) is 2.66. The first-order chi connectivity index (χ1) is 7.70. The van der Waals surface area contributed by atoms with Crippen LogP contribution in [0.3, 0.4) is 0 Å². The Balaban J connectivity index is 1.95. The molecule has 0 amide bonds. The quantitative estimate of drug-likeness (QED) is 0.602. The van der Waals surface area contributed by atoms with Gasteiger partial charge in [-0.3, -0.25) is 0 Å². The molecule has 16 heavy (non-hydrogen) atoms. The third kappa shape index (κ3) is 2.70. The van der Waals surface area contributed by atoms with E-state index in [1.54, 1.807) is 0 Å². The average molecular weight is 291 g/mol. The van der Waals surface area contributed by atoms with Gasteiger partial charge in [-0.1, -0.05) is 15.9 Å². The summed E-state index contributed by atoms with van der Waals surface area (Å²) < 4.78 is 5.55. The van der Waals surface area contributed by atoms with E-state index in [9.17, 15) is 0 Å². The van der Waals surface area contributed by atoms with E-state index in [0.717, 1.165) is 31.7 Å². The molecule has 4 nitrogen and oxygen atoms in total. The Morgan fingerprint density at radius 3 is 3.19 bits per heavy atom. The van der Waals surface area contributed by atoms with Gasteiger partial charge in [-0.05, 0) is 19.8 Å². The Hall–Kier alpha value is -0.260. The molecule has 0 radical (unpaired) electrons. The minimum absolute atomic E-state index is 0.00798. The van der Waals surface area contributed by atoms with Crippen LogP contribution < -0.4 is 5.32 Å². The van der Waals surface area contributed by atoms with Crippen LogP contribution >= 0.6 is 15.9 Å². The van der Waals surface area contributed by atoms with Crippen molar-refractivity contribution in [2.24, 2.45) is 0 Å². The summed E-state index contributed by atoms with van der Waals surface area (Å²) in [5, 5.41) is 11.8. The van der Waals surface area contributed by atoms with Crippen molar-refractivity contribution >= 4 is 15.9 Å². The Bertz CT molecular complexity index is 273. The summed E-state index contributed by atoms with van der Waals surface area (Å²) in [5.74, 6) is 0. The second kappa shape index (κ2) is 5.38. The van der Waals surface area contributed by atoms with E-state index in [1.807, 2.05) is 0 Å². The van der Waals surface area contributed by atoms with Gasteiger partial charge < -0.3 is 20.1 Å². The van der Waals surface area contributed by atoms with Crippen molar-refractivity contribution in [1.82, 2.24) is 10.2 Å². The van der Waals surface area contributed by atoms with Crippen LogP contribution in [-0.4, -0.2) is 46.9 Å². The lowest BCUT2D eigenvalue weighted by Gasteiger charge is -2.34. The number of ether oxygens (including phenoxy) is 1. The van der Waals surface area contributed by atoms with E-state index in [-0.39, 0.29) is 6.73 Å². The summed E-state index contributed by atoms with van der Waals surface area (Å²) in [6.45, 7) is 3.95. The summed E-state index contributed by atoms with van der Waals surface area (Å²) in [6.07, 6.45) is 4.66. The second-order valence-corrected chi connectivity index (χ2v) is 5.55. The Kier molecular flexibility index (Phi) is 4.10. The van der Waals surface area contributed by atoms with E-state index in [4.69, 9.17) is 9.84 Å². The minimum Gasteiger partial charge on any atom is -0.378 e. The third-order valence-corrected chi connectivity index (χ3v) is 4.01. The number of nitrogens with zero attached hydrogens (tertiary/aromatic N) is 1. The highest BCUT2D eigenvalue weighted by Gasteiger charge is 2.30. The summed E-state index contributed by atoms with van der Waals surface area (Å²) in [7, 11) is 0. The maximum absolute atomic E-state index is 8.87. The lowest BCUT2D eigenvalue weighted by atomic mass is 10.0. The van der Waals surface area contributed by atoms with Gasteiger partial charge in [0.25, 0.3) is 0 Å². The minimum atomic E-state index is -0.00798. The van der Waals surface area contributed by atoms with Gasteiger partial charge in [-0.2, -0.15) is 0 Å². The molecule has 0 aromatic rings. The van der Waals surface area contributed by atoms with Gasteiger partial charge >= 0.3 is 0 Å². The highest BCUT2D eigenvalue weighted by molar-refractivity contribution is 9.09. The zero-order chi connectivity index (χ0) is 11.5. The van der Waals surface area contributed by atoms with Gasteiger partial charge in [0.05, 0.1) is 10.9 Å². The molecule has 1 saturated heterocycles. The van der Waals surface area contributed by atoms with E-state index in [1.165, 1.54) is 0 Å². The molecule has 5 heteroatoms. The second-order valence-electron chi connectivity index (χ2n) is 4.44. The third-order valence-electron chi connectivity index (χ3n) is 3.22. The lowest BCUT2D eigenvalue weighted by molar-refractivity contribution is -0.00557. The molecular formula is C11H19BrN2O2. The van der Waals surface area contributed by atoms with Crippen LogP contribution in [0.2, 0.25) is 0 Å². The molecular weight excluding hydrogens is 272 g/mol. The standard InChI is InChI=1S/C11H19BrN2O2/c1-8-4-9(2-3-16-8)14-5-10(12)11(6-14)13-7-15/h6,8-10,13,15H,2-5,7H2,1H3/t8-,9?,10?/m0/s1. The van der Waals surface area contributed by atoms with Crippen LogP contribution in [0.1, 0.15) is 19.8 Å². The normalized spacial score (nSPS) is 35.1. The molecule has 0 spiro atoms. The molecule has 1 fully saturated rings. The molecule has 0 bridgehead atoms. The number of hydrogen-bond donors (Lipinski definition) is 2. The molecule has 0 saturated carbocycles. The number of hydrogen-bond acceptors (Lipinski definition) is 4. The molecule has 3 atom stereocenters. The largest absolute Gasteiger partial charge is 0.378 e. The van der Waals surface area contributed by atoms with Crippen molar-refractivity contribution in [1.29, 1.82) is 0 Å². The maximum atomic E-state index is 8.87. The number of alkyl halides is 1. The van der Waals surface area contributed by atoms with Gasteiger partial charge in [-0.25, -0.2) is 0 Å². The maximum Gasteiger partial charge on any atom is 0.113 e. The monoisotopic (exact) mass is 290 g/mol. The van der Waals surface area contributed by atoms with Crippen LogP contribution in [0.15, 0.2) is 11.9 Å². The molecule has 2 rings (SSSR count). The SMILES string of the molecule is C[C@H]1CC(N2C=C(NCO)C(Br)C2)CCO1. The van der Waals surface area contributed by atoms with E-state index < -0.39 is 0 Å². The molecule has 92 valence electrons. The number of halogens is 1. The van der Waals surface area contributed by atoms with E-state index in [0.29, 0.717) is 17.0 Å². The van der Waals surface area contributed by atoms with Crippen molar-refractivity contribution in [3.63, 3.8) is 0 Å². The molecule has 2 heterocycles. The average Bonchev–Trinajstić information content (AvgIpc) is 2.61. The zero-order valence-electron chi connectivity index (χ0n) is 9.53. The highest BCUT2D eigenvalue weighted by Crippen LogP contribution is 2.27. The number of rotatable bonds is 3. The van der Waals surface area contributed by atoms with Crippen molar-refractivity contribution in [3.05, 3.63) is 11.9 Å². The zero-order valence-corrected chi connectivity index (χ0v) is 11.1. The Morgan fingerprint density at radius 1 is 1.69 bits per heavy atom. The molecule has 0 aromatic carbocycles. The van der Waals surface area contributed by atoms with Gasteiger partial charge in [0.2, 0.25) is 0 Å². The van der Waals surface area contributed by atoms with Gasteiger partial charge in [0.15, 0.2) is 0 Å². The van der Waals surface area contributed by atoms with Crippen molar-refractivity contribution in [2.75, 3.05) is 19.9 Å². The lowest BCUT2D eigenvalue weighted by Crippen LogP contribution is -2.38. The van der Waals surface area contributed by atoms with Crippen LogP contribution in [0.25, 0.3) is 0 Å². The van der Waals surface area contributed by atoms with Gasteiger partial charge in [0, 0.05) is 31.1 Å². The number of aliphatic hydroxyl groups excluding tert-OH is 1. The fourth-order valence-corrected chi connectivity index (χ4v) is 2.99. The van der Waals surface area contributed by atoms with E-state index in [2.05, 4.69) is 39.3 Å². The van der Waals surface area contributed by atoms with Crippen LogP contribution in [0, 0.1) is 0 Å². The molecule has 0 aliphatic carbocycles. The van der Waals surface area contributed by atoms with Gasteiger partial charge in [0.1, 0.15) is 6.73 Å². The smallest absolute Gasteiger partial charge is 0.113 e. The Labute approximate surface area is 105 Å². The van der Waals surface area contributed by atoms with Crippen LogP contribution in [0.5, 0.6) is 0 Å². The van der Waals surface area contributed by atoms with E-state index >= 15 is 0 Å². The van der Waals surface area contributed by atoms with Crippen LogP contribution in [-0.2, 0) is 4.74 Å². The first-order valence-corrected chi connectivity index (χ1v) is 6.70. The fraction of sp³-hybridized carbons (Fsp3) is 0.818. The predicted molar refractivity (Wildman–Crippen MR) is 66.2 cm³/mol. The van der Waals surface area contributed by atoms with Crippen molar-refractivity contribution in [3.8, 4) is 0 Å². The molecule has 2 aliphatic heterocycles. The molecule has 0 aromatic heterocycles. The summed E-state index contributed by atoms with van der Waals surface area (Å²) in [5.41, 5.74) is 1.07. The van der Waals surface area contributed by atoms with Gasteiger partial charge in [-0.15, -0.1) is 0 Å². The highest BCUT2D eigenvalue weighted by atomic mass is 79.9. The first-order valence-electron chi connectivity index (χ1n) is 5.78. The fourth-order valence-electron chi connectivity index (χ4n) is 2.37. The number of aliphatic hydroxyl groups is 1. The molecule has 2 unspecified atom stereocenters. The molecule has 2 N–H and O–H groups in total. The predicted octanol–water partition coefficient (Wildman–Crippen LogP) is 1.01. The Morgan fingerprint density at radius 2 is 2.50 bits per heavy atom. The van der Waals surface area contributed by atoms with Crippen LogP contribution in [0.4, 0.5) is 0 Å². The summed E-state index contributed by atoms with van der Waals surface area (Å²) >= 11 is 3.61. The van der Waals surface area contributed by atoms with Crippen molar-refractivity contribution < 1.29 is 9.84 Å². The first kappa shape index (κ1) is 12.2. The topological polar surface area (TPSA) is 44.7 Å². The van der Waals surface area contributed by atoms with Crippen molar-refractivity contribution in [2.45, 2.75) is 36.7 Å². The summed E-state index contributed by atoms with van der Waals surface area (Å²) in [6, 6.07) is 0.571. The molecule has 2 aliphatic rings. The number of nitrogens with one attached hydrogen (secondary N) is 1.